The predicted molar refractivity (Wildman–Crippen MR) is 138 cm³/mol. The molecule has 2 fully saturated rings. The lowest BCUT2D eigenvalue weighted by atomic mass is 10.1. The lowest BCUT2D eigenvalue weighted by Gasteiger charge is -2.30. The fourth-order valence-corrected chi connectivity index (χ4v) is 4.51. The maximum atomic E-state index is 5.54. The van der Waals surface area contributed by atoms with E-state index in [0.29, 0.717) is 19.0 Å². The first-order valence-corrected chi connectivity index (χ1v) is 12.1. The number of anilines is 1. The van der Waals surface area contributed by atoms with Crippen LogP contribution in [-0.2, 0) is 4.74 Å². The number of fused-ring (bicyclic) bond motifs is 1. The second kappa shape index (κ2) is 10.6. The van der Waals surface area contributed by atoms with E-state index in [1.807, 2.05) is 36.5 Å². The Morgan fingerprint density at radius 1 is 1.12 bits per heavy atom. The zero-order valence-electron chi connectivity index (χ0n) is 19.4. The molecule has 4 heterocycles. The molecule has 0 radical (unpaired) electrons. The van der Waals surface area contributed by atoms with Crippen molar-refractivity contribution in [2.24, 2.45) is 0 Å². The van der Waals surface area contributed by atoms with Gasteiger partial charge >= 0.3 is 0 Å². The quantitative estimate of drug-likeness (QED) is 0.444. The summed E-state index contributed by atoms with van der Waals surface area (Å²) in [6.45, 7) is 7.99. The van der Waals surface area contributed by atoms with Gasteiger partial charge in [0.15, 0.2) is 5.82 Å². The number of aromatic nitrogens is 4. The van der Waals surface area contributed by atoms with Gasteiger partial charge in [-0.25, -0.2) is 9.97 Å². The summed E-state index contributed by atoms with van der Waals surface area (Å²) in [6.07, 6.45) is 5.61. The number of ether oxygens (including phenoxy) is 1. The van der Waals surface area contributed by atoms with Crippen LogP contribution in [0, 0.1) is 11.8 Å². The highest BCUT2D eigenvalue weighted by molar-refractivity contribution is 7.80. The lowest BCUT2D eigenvalue weighted by molar-refractivity contribution is 0.122. The molecule has 34 heavy (non-hydrogen) atoms. The van der Waals surface area contributed by atoms with E-state index in [2.05, 4.69) is 43.8 Å². The normalized spacial score (nSPS) is 17.9. The van der Waals surface area contributed by atoms with Gasteiger partial charge in [0.05, 0.1) is 42.1 Å². The molecule has 2 aliphatic rings. The van der Waals surface area contributed by atoms with Gasteiger partial charge in [-0.3, -0.25) is 10.00 Å². The highest BCUT2D eigenvalue weighted by atomic mass is 32.1. The zero-order chi connectivity index (χ0) is 23.3. The minimum atomic E-state index is 0.649. The van der Waals surface area contributed by atoms with Gasteiger partial charge in [-0.1, -0.05) is 24.0 Å². The SMILES string of the molecule is CN1CCN(CC#C/C=C/c2nc(-c3cccc4[nH]ncc34)nc(N3CCOCC3)c2S)CC1. The summed E-state index contributed by atoms with van der Waals surface area (Å²) in [4.78, 5) is 17.5. The average Bonchev–Trinajstić information content (AvgIpc) is 3.36. The van der Waals surface area contributed by atoms with Crippen LogP contribution in [0.3, 0.4) is 0 Å². The topological polar surface area (TPSA) is 73.4 Å². The van der Waals surface area contributed by atoms with Crippen LogP contribution in [0.1, 0.15) is 5.69 Å². The van der Waals surface area contributed by atoms with Crippen LogP contribution < -0.4 is 4.90 Å². The lowest BCUT2D eigenvalue weighted by Crippen LogP contribution is -2.44. The number of piperazine rings is 1. The van der Waals surface area contributed by atoms with Gasteiger partial charge in [-0.2, -0.15) is 5.10 Å². The molecule has 2 saturated heterocycles. The molecule has 0 bridgehead atoms. The maximum absolute atomic E-state index is 5.54. The van der Waals surface area contributed by atoms with Crippen LogP contribution >= 0.6 is 12.6 Å². The number of morpholine rings is 1. The van der Waals surface area contributed by atoms with Crippen molar-refractivity contribution in [3.63, 3.8) is 0 Å². The summed E-state index contributed by atoms with van der Waals surface area (Å²) in [7, 11) is 2.16. The van der Waals surface area contributed by atoms with Crippen LogP contribution in [0.25, 0.3) is 28.4 Å². The summed E-state index contributed by atoms with van der Waals surface area (Å²) in [6, 6.07) is 6.01. The van der Waals surface area contributed by atoms with Gasteiger partial charge in [0, 0.05) is 50.2 Å². The van der Waals surface area contributed by atoms with E-state index < -0.39 is 0 Å². The number of aromatic amines is 1. The minimum Gasteiger partial charge on any atom is -0.378 e. The fraction of sp³-hybridized carbons (Fsp3) is 0.400. The molecule has 9 heteroatoms. The molecule has 8 nitrogen and oxygen atoms in total. The van der Waals surface area contributed by atoms with Crippen LogP contribution in [0.15, 0.2) is 35.4 Å². The molecule has 0 atom stereocenters. The van der Waals surface area contributed by atoms with Crippen molar-refractivity contribution in [3.8, 4) is 23.2 Å². The molecule has 0 amide bonds. The molecule has 1 aromatic carbocycles. The minimum absolute atomic E-state index is 0.649. The molecule has 0 spiro atoms. The smallest absolute Gasteiger partial charge is 0.162 e. The first-order valence-electron chi connectivity index (χ1n) is 11.6. The number of hydrogen-bond acceptors (Lipinski definition) is 8. The van der Waals surface area contributed by atoms with Crippen molar-refractivity contribution < 1.29 is 4.74 Å². The van der Waals surface area contributed by atoms with Crippen LogP contribution in [0.4, 0.5) is 5.82 Å². The van der Waals surface area contributed by atoms with Crippen molar-refractivity contribution in [1.82, 2.24) is 30.0 Å². The Labute approximate surface area is 205 Å². The molecule has 0 saturated carbocycles. The molecular formula is C25H29N7OS. The number of likely N-dealkylation sites (N-methyl/N-ethyl adjacent to an activating group) is 1. The van der Waals surface area contributed by atoms with Gasteiger partial charge in [0.25, 0.3) is 0 Å². The van der Waals surface area contributed by atoms with Crippen molar-refractivity contribution in [3.05, 3.63) is 36.2 Å². The second-order valence-corrected chi connectivity index (χ2v) is 9.02. The number of nitrogens with zero attached hydrogens (tertiary/aromatic N) is 6. The highest BCUT2D eigenvalue weighted by Crippen LogP contribution is 2.32. The Balaban J connectivity index is 1.44. The molecule has 0 aliphatic carbocycles. The number of thiol groups is 1. The number of nitrogens with one attached hydrogen (secondary N) is 1. The van der Waals surface area contributed by atoms with E-state index in [9.17, 15) is 0 Å². The fourth-order valence-electron chi connectivity index (χ4n) is 4.20. The van der Waals surface area contributed by atoms with Crippen LogP contribution in [0.5, 0.6) is 0 Å². The van der Waals surface area contributed by atoms with Crippen molar-refractivity contribution >= 4 is 35.4 Å². The summed E-state index contributed by atoms with van der Waals surface area (Å²) in [5, 5.41) is 8.21. The molecular weight excluding hydrogens is 446 g/mol. The third-order valence-corrected chi connectivity index (χ3v) is 6.68. The molecule has 2 aliphatic heterocycles. The third-order valence-electron chi connectivity index (χ3n) is 6.25. The Morgan fingerprint density at radius 2 is 1.94 bits per heavy atom. The number of rotatable bonds is 4. The first-order chi connectivity index (χ1) is 16.7. The summed E-state index contributed by atoms with van der Waals surface area (Å²) >= 11 is 4.82. The molecule has 0 unspecified atom stereocenters. The molecule has 5 rings (SSSR count). The van der Waals surface area contributed by atoms with E-state index in [0.717, 1.165) is 78.7 Å². The van der Waals surface area contributed by atoms with Crippen molar-refractivity contribution in [2.45, 2.75) is 4.90 Å². The monoisotopic (exact) mass is 475 g/mol. The Morgan fingerprint density at radius 3 is 2.76 bits per heavy atom. The third kappa shape index (κ3) is 5.10. The molecule has 3 aromatic rings. The molecule has 176 valence electrons. The largest absolute Gasteiger partial charge is 0.378 e. The Bertz CT molecular complexity index is 1230. The summed E-state index contributed by atoms with van der Waals surface area (Å²) in [5.74, 6) is 7.91. The van der Waals surface area contributed by atoms with E-state index in [-0.39, 0.29) is 0 Å². The number of benzene rings is 1. The molecule has 1 N–H and O–H groups in total. The highest BCUT2D eigenvalue weighted by Gasteiger charge is 2.20. The van der Waals surface area contributed by atoms with Crippen molar-refractivity contribution in [1.29, 1.82) is 0 Å². The zero-order valence-corrected chi connectivity index (χ0v) is 20.3. The van der Waals surface area contributed by atoms with Gasteiger partial charge in [0.1, 0.15) is 5.82 Å². The Kier molecular flexibility index (Phi) is 7.11. The van der Waals surface area contributed by atoms with Gasteiger partial charge in [-0.05, 0) is 25.3 Å². The second-order valence-electron chi connectivity index (χ2n) is 8.57. The summed E-state index contributed by atoms with van der Waals surface area (Å²) in [5.41, 5.74) is 2.64. The van der Waals surface area contributed by atoms with E-state index in [4.69, 9.17) is 27.3 Å². The summed E-state index contributed by atoms with van der Waals surface area (Å²) < 4.78 is 5.54. The van der Waals surface area contributed by atoms with Crippen LogP contribution in [-0.4, -0.2) is 96.0 Å². The Hall–Kier alpha value is -2.90. The van der Waals surface area contributed by atoms with Gasteiger partial charge in [-0.15, -0.1) is 12.6 Å². The number of allylic oxidation sites excluding steroid dienone is 1. The first kappa shape index (κ1) is 22.9. The van der Waals surface area contributed by atoms with Gasteiger partial charge in [0.2, 0.25) is 0 Å². The van der Waals surface area contributed by atoms with E-state index >= 15 is 0 Å². The van der Waals surface area contributed by atoms with E-state index in [1.165, 1.54) is 0 Å². The van der Waals surface area contributed by atoms with Crippen molar-refractivity contribution in [2.75, 3.05) is 71.0 Å². The van der Waals surface area contributed by atoms with Crippen LogP contribution in [0.2, 0.25) is 0 Å². The standard InChI is InChI=1S/C25H29N7OS/c1-30-10-12-31(13-11-30)9-4-2-3-7-22-23(34)25(32-14-16-33-17-15-32)28-24(27-22)19-6-5-8-21-20(19)18-26-29-21/h3,5-8,18,34H,9-17H2,1H3,(H,26,29)/b7-3+. The number of hydrogen-bond donors (Lipinski definition) is 2. The average molecular weight is 476 g/mol. The van der Waals surface area contributed by atoms with E-state index in [1.54, 1.807) is 0 Å². The predicted octanol–water partition coefficient (Wildman–Crippen LogP) is 2.41. The number of H-pyrrole nitrogens is 1. The van der Waals surface area contributed by atoms with Gasteiger partial charge < -0.3 is 14.5 Å². The molecule has 2 aromatic heterocycles. The maximum Gasteiger partial charge on any atom is 0.162 e.